The molecule has 4 aromatic heterocycles. The van der Waals surface area contributed by atoms with E-state index < -0.39 is 11.9 Å². The number of pyridine rings is 1. The largest absolute Gasteiger partial charge is 0.493 e. The molecule has 13 heteroatoms. The smallest absolute Gasteiger partial charge is 0.434 e. The van der Waals surface area contributed by atoms with Crippen LogP contribution in [0.4, 0.5) is 23.5 Å². The highest BCUT2D eigenvalue weighted by molar-refractivity contribution is 6.31. The first-order valence-corrected chi connectivity index (χ1v) is 10.8. The van der Waals surface area contributed by atoms with Crippen LogP contribution in [0, 0.1) is 5.82 Å². The van der Waals surface area contributed by atoms with E-state index in [1.807, 2.05) is 0 Å². The maximum Gasteiger partial charge on any atom is 0.434 e. The second-order valence-electron chi connectivity index (χ2n) is 7.90. The normalized spacial score (nSPS) is 13.4. The van der Waals surface area contributed by atoms with E-state index in [4.69, 9.17) is 16.3 Å². The van der Waals surface area contributed by atoms with Gasteiger partial charge in [0.1, 0.15) is 23.5 Å². The minimum atomic E-state index is -4.62. The fourth-order valence-corrected chi connectivity index (χ4v) is 4.43. The van der Waals surface area contributed by atoms with Gasteiger partial charge in [0.05, 0.1) is 11.6 Å². The van der Waals surface area contributed by atoms with Crippen molar-refractivity contribution in [1.82, 2.24) is 29.0 Å². The van der Waals surface area contributed by atoms with Gasteiger partial charge in [0.25, 0.3) is 0 Å². The molecule has 5 aromatic rings. The van der Waals surface area contributed by atoms with Gasteiger partial charge in [0.15, 0.2) is 11.3 Å². The molecule has 0 bridgehead atoms. The highest BCUT2D eigenvalue weighted by atomic mass is 35.5. The second kappa shape index (κ2) is 7.80. The van der Waals surface area contributed by atoms with Crippen LogP contribution in [-0.2, 0) is 19.1 Å². The van der Waals surface area contributed by atoms with E-state index in [1.165, 1.54) is 39.7 Å². The Bertz CT molecular complexity index is 1610. The number of rotatable bonds is 4. The SMILES string of the molecule is Fc1ccc2c(c1CNc1ncc(-c3cc(Cl)cn4cc(C(F)(F)F)nc34)c3nncn13)CCO2. The number of ether oxygens (including phenoxy) is 1. The van der Waals surface area contributed by atoms with Crippen LogP contribution in [-0.4, -0.2) is 35.6 Å². The quantitative estimate of drug-likeness (QED) is 0.355. The molecule has 0 spiro atoms. The molecule has 8 nitrogen and oxygen atoms in total. The van der Waals surface area contributed by atoms with Crippen LogP contribution in [0.15, 0.2) is 43.1 Å². The van der Waals surface area contributed by atoms with Crippen molar-refractivity contribution in [1.29, 1.82) is 0 Å². The molecule has 6 rings (SSSR count). The summed E-state index contributed by atoms with van der Waals surface area (Å²) in [6.45, 7) is 0.626. The third kappa shape index (κ3) is 3.60. The van der Waals surface area contributed by atoms with Crippen molar-refractivity contribution in [3.63, 3.8) is 0 Å². The van der Waals surface area contributed by atoms with Crippen LogP contribution in [0.2, 0.25) is 5.02 Å². The van der Waals surface area contributed by atoms with Crippen LogP contribution < -0.4 is 10.1 Å². The number of nitrogens with one attached hydrogen (secondary N) is 1. The number of anilines is 1. The van der Waals surface area contributed by atoms with Crippen molar-refractivity contribution >= 4 is 28.8 Å². The lowest BCUT2D eigenvalue weighted by Crippen LogP contribution is -2.10. The molecule has 0 saturated heterocycles. The molecule has 1 N–H and O–H groups in total. The fourth-order valence-electron chi connectivity index (χ4n) is 4.21. The highest BCUT2D eigenvalue weighted by Crippen LogP contribution is 2.35. The molecule has 0 saturated carbocycles. The zero-order valence-corrected chi connectivity index (χ0v) is 18.4. The summed E-state index contributed by atoms with van der Waals surface area (Å²) < 4.78 is 62.5. The lowest BCUT2D eigenvalue weighted by molar-refractivity contribution is -0.140. The number of fused-ring (bicyclic) bond motifs is 3. The molecule has 35 heavy (non-hydrogen) atoms. The molecule has 0 radical (unpaired) electrons. The number of aromatic nitrogens is 6. The number of hydrogen-bond acceptors (Lipinski definition) is 6. The summed E-state index contributed by atoms with van der Waals surface area (Å²) in [5.74, 6) is 0.616. The van der Waals surface area contributed by atoms with E-state index in [1.54, 1.807) is 6.07 Å². The van der Waals surface area contributed by atoms with E-state index in [-0.39, 0.29) is 23.0 Å². The minimum Gasteiger partial charge on any atom is -0.493 e. The lowest BCUT2D eigenvalue weighted by atomic mass is 10.0. The van der Waals surface area contributed by atoms with Gasteiger partial charge in [-0.3, -0.25) is 4.40 Å². The van der Waals surface area contributed by atoms with E-state index in [0.717, 1.165) is 11.8 Å². The summed E-state index contributed by atoms with van der Waals surface area (Å²) in [7, 11) is 0. The van der Waals surface area contributed by atoms with Crippen LogP contribution in [0.3, 0.4) is 0 Å². The summed E-state index contributed by atoms with van der Waals surface area (Å²) in [4.78, 5) is 8.16. The van der Waals surface area contributed by atoms with E-state index in [0.29, 0.717) is 47.1 Å². The Labute approximate surface area is 199 Å². The van der Waals surface area contributed by atoms with Crippen molar-refractivity contribution < 1.29 is 22.3 Å². The summed E-state index contributed by atoms with van der Waals surface area (Å²) in [5.41, 5.74) is 1.25. The average Bonchev–Trinajstić information content (AvgIpc) is 3.56. The Balaban J connectivity index is 1.41. The molecule has 1 aliphatic rings. The highest BCUT2D eigenvalue weighted by Gasteiger charge is 2.34. The predicted molar refractivity (Wildman–Crippen MR) is 118 cm³/mol. The molecule has 178 valence electrons. The van der Waals surface area contributed by atoms with Gasteiger partial charge in [-0.15, -0.1) is 10.2 Å². The van der Waals surface area contributed by atoms with E-state index in [9.17, 15) is 17.6 Å². The summed E-state index contributed by atoms with van der Waals surface area (Å²) in [6.07, 6.45) is 1.03. The molecule has 0 aliphatic carbocycles. The zero-order valence-electron chi connectivity index (χ0n) is 17.6. The number of benzene rings is 1. The number of halogens is 5. The van der Waals surface area contributed by atoms with Gasteiger partial charge < -0.3 is 14.5 Å². The molecule has 0 fully saturated rings. The molecule has 0 atom stereocenters. The van der Waals surface area contributed by atoms with Gasteiger partial charge in [-0.05, 0) is 18.2 Å². The van der Waals surface area contributed by atoms with Crippen molar-refractivity contribution in [3.8, 4) is 16.9 Å². The van der Waals surface area contributed by atoms with Crippen LogP contribution in [0.25, 0.3) is 22.4 Å². The van der Waals surface area contributed by atoms with Gasteiger partial charge >= 0.3 is 6.18 Å². The molecular formula is C22H14ClF4N7O. The predicted octanol–water partition coefficient (Wildman–Crippen LogP) is 4.80. The van der Waals surface area contributed by atoms with Gasteiger partial charge in [-0.1, -0.05) is 11.6 Å². The molecule has 1 aliphatic heterocycles. The van der Waals surface area contributed by atoms with Gasteiger partial charge in [0.2, 0.25) is 5.95 Å². The number of imidazole rings is 1. The minimum absolute atomic E-state index is 0.0380. The van der Waals surface area contributed by atoms with Crippen LogP contribution >= 0.6 is 11.6 Å². The number of alkyl halides is 3. The Morgan fingerprint density at radius 1 is 1.14 bits per heavy atom. The van der Waals surface area contributed by atoms with Gasteiger partial charge in [-0.2, -0.15) is 13.2 Å². The van der Waals surface area contributed by atoms with Gasteiger partial charge in [0, 0.05) is 53.8 Å². The van der Waals surface area contributed by atoms with E-state index in [2.05, 4.69) is 25.5 Å². The molecule has 1 aromatic carbocycles. The molecule has 5 heterocycles. The maximum atomic E-state index is 14.5. The van der Waals surface area contributed by atoms with E-state index >= 15 is 0 Å². The zero-order chi connectivity index (χ0) is 24.3. The monoisotopic (exact) mass is 503 g/mol. The standard InChI is InChI=1S/C22H14ClF4N7O/c23-11-5-13(19-31-18(22(25,26)27)9-33(19)8-11)15-7-29-21(34-10-30-32-20(15)34)28-6-14-12-3-4-35-17(12)2-1-16(14)24/h1-2,5,7-10H,3-4,6H2,(H,28,29). The lowest BCUT2D eigenvalue weighted by Gasteiger charge is -2.13. The second-order valence-corrected chi connectivity index (χ2v) is 8.34. The van der Waals surface area contributed by atoms with Crippen molar-refractivity contribution in [2.45, 2.75) is 19.1 Å². The van der Waals surface area contributed by atoms with Crippen molar-refractivity contribution in [3.05, 3.63) is 70.8 Å². The third-order valence-corrected chi connectivity index (χ3v) is 6.00. The van der Waals surface area contributed by atoms with Crippen molar-refractivity contribution in [2.75, 3.05) is 11.9 Å². The first kappa shape index (κ1) is 21.6. The molecule has 0 amide bonds. The summed E-state index contributed by atoms with van der Waals surface area (Å²) >= 11 is 6.18. The summed E-state index contributed by atoms with van der Waals surface area (Å²) in [5, 5.41) is 11.3. The third-order valence-electron chi connectivity index (χ3n) is 5.80. The molecule has 0 unspecified atom stereocenters. The summed E-state index contributed by atoms with van der Waals surface area (Å²) in [6, 6.07) is 4.46. The fraction of sp³-hybridized carbons (Fsp3) is 0.182. The Hall–Kier alpha value is -3.93. The van der Waals surface area contributed by atoms with Crippen LogP contribution in [0.5, 0.6) is 5.75 Å². The average molecular weight is 504 g/mol. The van der Waals surface area contributed by atoms with Gasteiger partial charge in [-0.25, -0.2) is 14.4 Å². The Morgan fingerprint density at radius 3 is 2.83 bits per heavy atom. The topological polar surface area (TPSA) is 81.6 Å². The van der Waals surface area contributed by atoms with Crippen LogP contribution in [0.1, 0.15) is 16.8 Å². The Morgan fingerprint density at radius 2 is 2.00 bits per heavy atom. The Kier molecular flexibility index (Phi) is 4.81. The number of nitrogens with zero attached hydrogens (tertiary/aromatic N) is 6. The first-order valence-electron chi connectivity index (χ1n) is 10.4. The maximum absolute atomic E-state index is 14.5. The first-order chi connectivity index (χ1) is 16.8. The van der Waals surface area contributed by atoms with Crippen molar-refractivity contribution in [2.24, 2.45) is 0 Å². The molecular weight excluding hydrogens is 490 g/mol. The number of hydrogen-bond donors (Lipinski definition) is 1.